The Morgan fingerprint density at radius 2 is 1.75 bits per heavy atom. The molecule has 2 aliphatic heterocycles. The lowest BCUT2D eigenvalue weighted by Crippen LogP contribution is -2.53. The average molecular weight is 479 g/mol. The van der Waals surface area contributed by atoms with Crippen LogP contribution in [-0.2, 0) is 15.1 Å². The molecule has 2 fully saturated rings. The SMILES string of the molecule is CC1(c2ccc(Cl)c(Cl)c2)NC(=O)N(CC(=O)N2CCN(C(=O)c3ccco3)CC2)C1=O. The summed E-state index contributed by atoms with van der Waals surface area (Å²) in [5, 5.41) is 3.22. The van der Waals surface area contributed by atoms with Crippen LogP contribution in [0.4, 0.5) is 4.79 Å². The van der Waals surface area contributed by atoms with Crippen LogP contribution >= 0.6 is 23.2 Å². The van der Waals surface area contributed by atoms with Crippen LogP contribution in [0.5, 0.6) is 0 Å². The van der Waals surface area contributed by atoms with Crippen molar-refractivity contribution in [2.75, 3.05) is 32.7 Å². The highest BCUT2D eigenvalue weighted by atomic mass is 35.5. The Labute approximate surface area is 193 Å². The lowest BCUT2D eigenvalue weighted by molar-refractivity contribution is -0.139. The van der Waals surface area contributed by atoms with Crippen LogP contribution in [0.3, 0.4) is 0 Å². The van der Waals surface area contributed by atoms with Gasteiger partial charge < -0.3 is 19.5 Å². The number of carbonyl (C=O) groups excluding carboxylic acids is 4. The number of amides is 5. The summed E-state index contributed by atoms with van der Waals surface area (Å²) < 4.78 is 5.13. The molecule has 0 bridgehead atoms. The summed E-state index contributed by atoms with van der Waals surface area (Å²) >= 11 is 12.0. The van der Waals surface area contributed by atoms with Crippen molar-refractivity contribution in [3.63, 3.8) is 0 Å². The second-order valence-corrected chi connectivity index (χ2v) is 8.54. The number of hydrogen-bond acceptors (Lipinski definition) is 5. The molecule has 9 nitrogen and oxygen atoms in total. The van der Waals surface area contributed by atoms with Gasteiger partial charge in [0.1, 0.15) is 12.1 Å². The van der Waals surface area contributed by atoms with Gasteiger partial charge in [-0.05, 0) is 36.8 Å². The highest BCUT2D eigenvalue weighted by Crippen LogP contribution is 2.33. The third-order valence-corrected chi connectivity index (χ3v) is 6.46. The molecule has 0 radical (unpaired) electrons. The van der Waals surface area contributed by atoms with E-state index in [0.29, 0.717) is 36.8 Å². The van der Waals surface area contributed by atoms with E-state index in [1.807, 2.05) is 0 Å². The van der Waals surface area contributed by atoms with Gasteiger partial charge in [0.25, 0.3) is 11.8 Å². The highest BCUT2D eigenvalue weighted by Gasteiger charge is 2.50. The first kappa shape index (κ1) is 22.2. The normalized spacial score (nSPS) is 21.2. The molecular formula is C21H20Cl2N4O5. The largest absolute Gasteiger partial charge is 0.459 e. The minimum absolute atomic E-state index is 0.241. The minimum Gasteiger partial charge on any atom is -0.459 e. The van der Waals surface area contributed by atoms with Crippen molar-refractivity contribution >= 4 is 47.0 Å². The third kappa shape index (κ3) is 3.93. The van der Waals surface area contributed by atoms with E-state index in [1.54, 1.807) is 36.1 Å². The van der Waals surface area contributed by atoms with Crippen LogP contribution in [0.2, 0.25) is 10.0 Å². The number of piperazine rings is 1. The van der Waals surface area contributed by atoms with E-state index in [4.69, 9.17) is 27.6 Å². The Morgan fingerprint density at radius 1 is 1.06 bits per heavy atom. The quantitative estimate of drug-likeness (QED) is 0.679. The molecule has 1 N–H and O–H groups in total. The fraction of sp³-hybridized carbons (Fsp3) is 0.333. The topological polar surface area (TPSA) is 103 Å². The van der Waals surface area contributed by atoms with Gasteiger partial charge in [0.15, 0.2) is 5.76 Å². The third-order valence-electron chi connectivity index (χ3n) is 5.72. The molecule has 2 aromatic rings. The van der Waals surface area contributed by atoms with Gasteiger partial charge in [0.05, 0.1) is 16.3 Å². The van der Waals surface area contributed by atoms with Crippen LogP contribution in [-0.4, -0.2) is 71.2 Å². The van der Waals surface area contributed by atoms with Crippen molar-refractivity contribution in [2.45, 2.75) is 12.5 Å². The van der Waals surface area contributed by atoms with Crippen LogP contribution in [0.1, 0.15) is 23.0 Å². The predicted octanol–water partition coefficient (Wildman–Crippen LogP) is 2.34. The van der Waals surface area contributed by atoms with Gasteiger partial charge in [-0.1, -0.05) is 29.3 Å². The summed E-state index contributed by atoms with van der Waals surface area (Å²) in [5.41, 5.74) is -0.898. The molecule has 0 aliphatic carbocycles. The van der Waals surface area contributed by atoms with Crippen LogP contribution in [0.25, 0.3) is 0 Å². The Hall–Kier alpha value is -3.04. The van der Waals surface area contributed by atoms with Crippen molar-refractivity contribution in [1.82, 2.24) is 20.0 Å². The standard InChI is InChI=1S/C21H20Cl2N4O5/c1-21(13-4-5-14(22)15(23)11-13)19(30)27(20(31)24-21)12-17(28)25-6-8-26(9-7-25)18(29)16-3-2-10-32-16/h2-5,10-11H,6-9,12H2,1H3,(H,24,31). The molecule has 1 aromatic carbocycles. The molecule has 4 rings (SSSR count). The first-order valence-corrected chi connectivity index (χ1v) is 10.7. The van der Waals surface area contributed by atoms with E-state index in [-0.39, 0.29) is 22.6 Å². The van der Waals surface area contributed by atoms with E-state index in [2.05, 4.69) is 5.32 Å². The maximum atomic E-state index is 13.1. The lowest BCUT2D eigenvalue weighted by atomic mass is 9.92. The second kappa shape index (κ2) is 8.48. The summed E-state index contributed by atoms with van der Waals surface area (Å²) in [6.07, 6.45) is 1.43. The zero-order valence-electron chi connectivity index (χ0n) is 17.1. The Bertz CT molecular complexity index is 1080. The van der Waals surface area contributed by atoms with Crippen LogP contribution in [0, 0.1) is 0 Å². The van der Waals surface area contributed by atoms with Crippen molar-refractivity contribution < 1.29 is 23.6 Å². The molecule has 1 unspecified atom stereocenters. The molecule has 2 saturated heterocycles. The van der Waals surface area contributed by atoms with Gasteiger partial charge in [-0.15, -0.1) is 0 Å². The molecule has 2 aliphatic rings. The number of nitrogens with zero attached hydrogens (tertiary/aromatic N) is 3. The van der Waals surface area contributed by atoms with Crippen molar-refractivity contribution in [2.24, 2.45) is 0 Å². The molecule has 0 spiro atoms. The summed E-state index contributed by atoms with van der Waals surface area (Å²) in [4.78, 5) is 54.7. The van der Waals surface area contributed by atoms with E-state index in [9.17, 15) is 19.2 Å². The van der Waals surface area contributed by atoms with Crippen molar-refractivity contribution in [1.29, 1.82) is 0 Å². The molecule has 32 heavy (non-hydrogen) atoms. The minimum atomic E-state index is -1.36. The molecule has 3 heterocycles. The monoisotopic (exact) mass is 478 g/mol. The summed E-state index contributed by atoms with van der Waals surface area (Å²) in [5.74, 6) is -0.933. The highest BCUT2D eigenvalue weighted by molar-refractivity contribution is 6.42. The number of benzene rings is 1. The van der Waals surface area contributed by atoms with E-state index in [0.717, 1.165) is 4.90 Å². The van der Waals surface area contributed by atoms with Gasteiger partial charge in [-0.2, -0.15) is 0 Å². The average Bonchev–Trinajstić information content (AvgIpc) is 3.39. The molecular weight excluding hydrogens is 459 g/mol. The maximum Gasteiger partial charge on any atom is 0.325 e. The van der Waals surface area contributed by atoms with Crippen molar-refractivity contribution in [3.05, 3.63) is 58.0 Å². The number of rotatable bonds is 4. The Kier molecular flexibility index (Phi) is 5.87. The number of halogens is 2. The Morgan fingerprint density at radius 3 is 2.38 bits per heavy atom. The smallest absolute Gasteiger partial charge is 0.325 e. The molecule has 5 amide bonds. The number of urea groups is 1. The molecule has 1 aromatic heterocycles. The zero-order valence-corrected chi connectivity index (χ0v) is 18.7. The molecule has 11 heteroatoms. The van der Waals surface area contributed by atoms with Crippen molar-refractivity contribution in [3.8, 4) is 0 Å². The van der Waals surface area contributed by atoms with E-state index >= 15 is 0 Å². The predicted molar refractivity (Wildman–Crippen MR) is 115 cm³/mol. The van der Waals surface area contributed by atoms with Gasteiger partial charge in [0, 0.05) is 26.2 Å². The van der Waals surface area contributed by atoms with E-state index < -0.39 is 24.0 Å². The molecule has 1 atom stereocenters. The number of furan rings is 1. The van der Waals surface area contributed by atoms with Gasteiger partial charge >= 0.3 is 6.03 Å². The Balaban J connectivity index is 1.39. The first-order valence-electron chi connectivity index (χ1n) is 9.91. The number of nitrogens with one attached hydrogen (secondary N) is 1. The van der Waals surface area contributed by atoms with Crippen LogP contribution in [0.15, 0.2) is 41.0 Å². The zero-order chi connectivity index (χ0) is 23.0. The number of carbonyl (C=O) groups is 4. The first-order chi connectivity index (χ1) is 15.2. The van der Waals surface area contributed by atoms with Gasteiger partial charge in [-0.25, -0.2) is 4.79 Å². The fourth-order valence-electron chi connectivity index (χ4n) is 3.79. The van der Waals surface area contributed by atoms with Gasteiger partial charge in [-0.3, -0.25) is 19.3 Å². The fourth-order valence-corrected chi connectivity index (χ4v) is 4.09. The second-order valence-electron chi connectivity index (χ2n) is 7.73. The number of imide groups is 1. The van der Waals surface area contributed by atoms with E-state index in [1.165, 1.54) is 17.2 Å². The summed E-state index contributed by atoms with van der Waals surface area (Å²) in [6, 6.07) is 7.22. The summed E-state index contributed by atoms with van der Waals surface area (Å²) in [7, 11) is 0. The maximum absolute atomic E-state index is 13.1. The lowest BCUT2D eigenvalue weighted by Gasteiger charge is -2.34. The molecule has 168 valence electrons. The summed E-state index contributed by atoms with van der Waals surface area (Å²) in [6.45, 7) is 2.39. The van der Waals surface area contributed by atoms with Crippen LogP contribution < -0.4 is 5.32 Å². The molecule has 0 saturated carbocycles. The van der Waals surface area contributed by atoms with Gasteiger partial charge in [0.2, 0.25) is 5.91 Å². The number of hydrogen-bond donors (Lipinski definition) is 1.